The highest BCUT2D eigenvalue weighted by Crippen LogP contribution is 2.26. The van der Waals surface area contributed by atoms with Crippen molar-refractivity contribution >= 4 is 33.4 Å². The Labute approximate surface area is 189 Å². The van der Waals surface area contributed by atoms with Gasteiger partial charge in [0, 0.05) is 19.1 Å². The van der Waals surface area contributed by atoms with Gasteiger partial charge >= 0.3 is 0 Å². The molecule has 2 atom stereocenters. The minimum atomic E-state index is -3.50. The summed E-state index contributed by atoms with van der Waals surface area (Å²) in [5.74, 6) is 0.904. The van der Waals surface area contributed by atoms with Crippen LogP contribution in [0.3, 0.4) is 0 Å². The van der Waals surface area contributed by atoms with E-state index in [1.165, 1.54) is 22.3 Å². The predicted octanol–water partition coefficient (Wildman–Crippen LogP) is 2.97. The van der Waals surface area contributed by atoms with Crippen molar-refractivity contribution < 1.29 is 13.2 Å². The summed E-state index contributed by atoms with van der Waals surface area (Å²) in [5.41, 5.74) is 1.63. The average Bonchev–Trinajstić information content (AvgIpc) is 3.04. The first-order chi connectivity index (χ1) is 14.6. The van der Waals surface area contributed by atoms with Crippen LogP contribution in [0.2, 0.25) is 0 Å². The third-order valence-electron chi connectivity index (χ3n) is 5.74. The number of carbonyl (C=O) groups is 1. The summed E-state index contributed by atoms with van der Waals surface area (Å²) in [4.78, 5) is 14.8. The van der Waals surface area contributed by atoms with Gasteiger partial charge in [0.1, 0.15) is 0 Å². The van der Waals surface area contributed by atoms with Crippen molar-refractivity contribution in [1.29, 1.82) is 0 Å². The highest BCUT2D eigenvalue weighted by Gasteiger charge is 2.29. The Balaban J connectivity index is 1.71. The molecule has 0 unspecified atom stereocenters. The van der Waals surface area contributed by atoms with Crippen LogP contribution < -0.4 is 4.31 Å². The minimum Gasteiger partial charge on any atom is -0.337 e. The predicted molar refractivity (Wildman–Crippen MR) is 124 cm³/mol. The Hall–Kier alpha value is -2.07. The van der Waals surface area contributed by atoms with Crippen molar-refractivity contribution in [2.45, 2.75) is 63.8 Å². The summed E-state index contributed by atoms with van der Waals surface area (Å²) in [6.07, 6.45) is 4.41. The maximum Gasteiger partial charge on any atom is 0.233 e. The molecule has 8 nitrogen and oxygen atoms in total. The monoisotopic (exact) mass is 465 g/mol. The van der Waals surface area contributed by atoms with E-state index in [4.69, 9.17) is 0 Å². The number of aromatic nitrogens is 3. The first kappa shape index (κ1) is 23.6. The lowest BCUT2D eigenvalue weighted by Crippen LogP contribution is -2.48. The second kappa shape index (κ2) is 9.60. The number of piperidine rings is 1. The van der Waals surface area contributed by atoms with Gasteiger partial charge in [-0.05, 0) is 52.2 Å². The summed E-state index contributed by atoms with van der Waals surface area (Å²) in [7, 11) is -1.71. The van der Waals surface area contributed by atoms with Crippen LogP contribution in [0.25, 0.3) is 0 Å². The normalized spacial score (nSPS) is 19.5. The minimum absolute atomic E-state index is 0.0695. The number of carbonyl (C=O) groups excluding carboxylic acids is 1. The zero-order valence-corrected chi connectivity index (χ0v) is 20.4. The quantitative estimate of drug-likeness (QED) is 0.584. The van der Waals surface area contributed by atoms with Crippen molar-refractivity contribution in [2.75, 3.05) is 16.3 Å². The summed E-state index contributed by atoms with van der Waals surface area (Å²) in [6.45, 7) is 6.22. The van der Waals surface area contributed by atoms with Crippen LogP contribution in [0.15, 0.2) is 29.4 Å². The van der Waals surface area contributed by atoms with Gasteiger partial charge in [-0.15, -0.1) is 10.2 Å². The smallest absolute Gasteiger partial charge is 0.233 e. The Kier molecular flexibility index (Phi) is 7.31. The molecule has 1 saturated heterocycles. The molecule has 0 bridgehead atoms. The lowest BCUT2D eigenvalue weighted by Gasteiger charge is -2.39. The Bertz CT molecular complexity index is 1010. The van der Waals surface area contributed by atoms with E-state index in [9.17, 15) is 13.2 Å². The van der Waals surface area contributed by atoms with Crippen LogP contribution in [-0.4, -0.2) is 58.1 Å². The molecule has 31 heavy (non-hydrogen) atoms. The number of likely N-dealkylation sites (tertiary alicyclic amines) is 1. The van der Waals surface area contributed by atoms with E-state index in [2.05, 4.69) is 24.0 Å². The van der Waals surface area contributed by atoms with Crippen LogP contribution in [-0.2, 0) is 28.4 Å². The number of rotatable bonds is 7. The number of anilines is 1. The maximum absolute atomic E-state index is 12.8. The van der Waals surface area contributed by atoms with Crippen LogP contribution >= 0.6 is 11.8 Å². The first-order valence-corrected chi connectivity index (χ1v) is 13.3. The number of benzene rings is 1. The zero-order chi connectivity index (χ0) is 22.8. The maximum atomic E-state index is 12.8. The standard InChI is InChI=1S/C21H31N5O3S2/c1-15-9-11-18(12-10-15)25(31(5,28)29)13-19-22-23-21(24(19)4)30-14-20(27)26-16(2)7-6-8-17(26)3/h9-12,16-17H,6-8,13-14H2,1-5H3/t16-,17-/m1/s1. The van der Waals surface area contributed by atoms with Crippen LogP contribution in [0.1, 0.15) is 44.5 Å². The Morgan fingerprint density at radius 2 is 1.77 bits per heavy atom. The van der Waals surface area contributed by atoms with Crippen molar-refractivity contribution in [1.82, 2.24) is 19.7 Å². The van der Waals surface area contributed by atoms with Crippen LogP contribution in [0.4, 0.5) is 5.69 Å². The lowest BCUT2D eigenvalue weighted by molar-refractivity contribution is -0.134. The van der Waals surface area contributed by atoms with Gasteiger partial charge in [-0.25, -0.2) is 8.42 Å². The number of hydrogen-bond acceptors (Lipinski definition) is 6. The zero-order valence-electron chi connectivity index (χ0n) is 18.8. The van der Waals surface area contributed by atoms with Gasteiger partial charge in [-0.3, -0.25) is 9.10 Å². The van der Waals surface area contributed by atoms with Gasteiger partial charge in [-0.1, -0.05) is 29.5 Å². The number of hydrogen-bond donors (Lipinski definition) is 0. The molecule has 2 aromatic rings. The molecule has 0 spiro atoms. The molecule has 0 N–H and O–H groups in total. The molecule has 1 aromatic heterocycles. The van der Waals surface area contributed by atoms with Gasteiger partial charge in [0.2, 0.25) is 15.9 Å². The van der Waals surface area contributed by atoms with E-state index < -0.39 is 10.0 Å². The molecule has 10 heteroatoms. The molecule has 1 fully saturated rings. The third kappa shape index (κ3) is 5.60. The number of amides is 1. The Morgan fingerprint density at radius 1 is 1.16 bits per heavy atom. The van der Waals surface area contributed by atoms with Crippen LogP contribution in [0.5, 0.6) is 0 Å². The van der Waals surface area contributed by atoms with Gasteiger partial charge in [0.05, 0.1) is 24.2 Å². The molecule has 170 valence electrons. The fourth-order valence-electron chi connectivity index (χ4n) is 3.96. The number of nitrogens with zero attached hydrogens (tertiary/aromatic N) is 5. The largest absolute Gasteiger partial charge is 0.337 e. The molecule has 1 aliphatic rings. The summed E-state index contributed by atoms with van der Waals surface area (Å²) in [6, 6.07) is 7.82. The molecular formula is C21H31N5O3S2. The SMILES string of the molecule is Cc1ccc(N(Cc2nnc(SCC(=O)N3[C@H](C)CCC[C@H]3C)n2C)S(C)(=O)=O)cc1. The summed E-state index contributed by atoms with van der Waals surface area (Å²) >= 11 is 1.34. The lowest BCUT2D eigenvalue weighted by atomic mass is 9.98. The highest BCUT2D eigenvalue weighted by molar-refractivity contribution is 7.99. The molecule has 1 aromatic carbocycles. The van der Waals surface area contributed by atoms with Crippen molar-refractivity contribution in [3.63, 3.8) is 0 Å². The molecule has 2 heterocycles. The summed E-state index contributed by atoms with van der Waals surface area (Å²) in [5, 5.41) is 8.99. The highest BCUT2D eigenvalue weighted by atomic mass is 32.2. The third-order valence-corrected chi connectivity index (χ3v) is 7.88. The fourth-order valence-corrected chi connectivity index (χ4v) is 5.62. The van der Waals surface area contributed by atoms with E-state index in [1.54, 1.807) is 23.7 Å². The van der Waals surface area contributed by atoms with Crippen LogP contribution in [0, 0.1) is 6.92 Å². The average molecular weight is 466 g/mol. The molecule has 1 aliphatic heterocycles. The van der Waals surface area contributed by atoms with Crippen molar-refractivity contribution in [3.8, 4) is 0 Å². The molecular weight excluding hydrogens is 434 g/mol. The van der Waals surface area contributed by atoms with E-state index in [1.807, 2.05) is 24.0 Å². The topological polar surface area (TPSA) is 88.4 Å². The van der Waals surface area contributed by atoms with Gasteiger partial charge in [-0.2, -0.15) is 0 Å². The summed E-state index contributed by atoms with van der Waals surface area (Å²) < 4.78 is 27.9. The van der Waals surface area contributed by atoms with E-state index in [0.29, 0.717) is 16.7 Å². The van der Waals surface area contributed by atoms with E-state index in [0.717, 1.165) is 24.8 Å². The Morgan fingerprint density at radius 3 is 2.35 bits per heavy atom. The van der Waals surface area contributed by atoms with Gasteiger partial charge in [0.15, 0.2) is 11.0 Å². The van der Waals surface area contributed by atoms with E-state index in [-0.39, 0.29) is 30.3 Å². The second-order valence-electron chi connectivity index (χ2n) is 8.28. The molecule has 1 amide bonds. The second-order valence-corrected chi connectivity index (χ2v) is 11.1. The van der Waals surface area contributed by atoms with Gasteiger partial charge in [0.25, 0.3) is 0 Å². The molecule has 0 radical (unpaired) electrons. The molecule has 0 aliphatic carbocycles. The number of thioether (sulfide) groups is 1. The van der Waals surface area contributed by atoms with Crippen molar-refractivity contribution in [2.24, 2.45) is 7.05 Å². The first-order valence-electron chi connectivity index (χ1n) is 10.4. The molecule has 0 saturated carbocycles. The fraction of sp³-hybridized carbons (Fsp3) is 0.571. The number of aryl methyl sites for hydroxylation is 1. The molecule has 3 rings (SSSR count). The van der Waals surface area contributed by atoms with Gasteiger partial charge < -0.3 is 9.47 Å². The van der Waals surface area contributed by atoms with Crippen molar-refractivity contribution in [3.05, 3.63) is 35.7 Å². The van der Waals surface area contributed by atoms with E-state index >= 15 is 0 Å². The number of sulfonamides is 1.